The number of ether oxygens (including phenoxy) is 1. The minimum absolute atomic E-state index is 0.117. The van der Waals surface area contributed by atoms with Crippen LogP contribution in [-0.2, 0) is 16.6 Å². The van der Waals surface area contributed by atoms with Gasteiger partial charge in [0.15, 0.2) is 0 Å². The van der Waals surface area contributed by atoms with E-state index < -0.39 is 10.0 Å². The molecular weight excluding hydrogens is 468 g/mol. The molecule has 6 heteroatoms. The highest BCUT2D eigenvalue weighted by atomic mass is 32.2. The summed E-state index contributed by atoms with van der Waals surface area (Å²) in [5, 5.41) is 11.2. The molecule has 36 heavy (non-hydrogen) atoms. The molecule has 0 aliphatic carbocycles. The van der Waals surface area contributed by atoms with Gasteiger partial charge in [-0.1, -0.05) is 60.7 Å². The Morgan fingerprint density at radius 3 is 2.06 bits per heavy atom. The van der Waals surface area contributed by atoms with Crippen LogP contribution in [0.3, 0.4) is 0 Å². The van der Waals surface area contributed by atoms with Crippen LogP contribution in [-0.4, -0.2) is 8.42 Å². The summed E-state index contributed by atoms with van der Waals surface area (Å²) < 4.78 is 35.0. The zero-order valence-corrected chi connectivity index (χ0v) is 20.1. The number of hydrogen-bond acceptors (Lipinski definition) is 4. The van der Waals surface area contributed by atoms with Crippen molar-refractivity contribution >= 4 is 26.5 Å². The molecule has 0 radical (unpaired) electrons. The van der Waals surface area contributed by atoms with Crippen molar-refractivity contribution < 1.29 is 13.2 Å². The van der Waals surface area contributed by atoms with Crippen LogP contribution in [0, 0.1) is 11.3 Å². The van der Waals surface area contributed by atoms with Gasteiger partial charge in [0.25, 0.3) is 10.0 Å². The molecule has 0 fully saturated rings. The molecular formula is C30H22N2O3S. The Bertz CT molecular complexity index is 1640. The molecule has 176 valence electrons. The van der Waals surface area contributed by atoms with Crippen LogP contribution in [0.25, 0.3) is 10.8 Å². The number of nitrogens with zero attached hydrogens (tertiary/aromatic N) is 2. The number of anilines is 1. The Morgan fingerprint density at radius 1 is 0.694 bits per heavy atom. The highest BCUT2D eigenvalue weighted by Crippen LogP contribution is 2.31. The van der Waals surface area contributed by atoms with E-state index in [1.54, 1.807) is 24.3 Å². The van der Waals surface area contributed by atoms with Crippen molar-refractivity contribution in [1.29, 1.82) is 5.26 Å². The van der Waals surface area contributed by atoms with Crippen LogP contribution in [0.5, 0.6) is 11.5 Å². The molecule has 5 aromatic rings. The first-order valence-corrected chi connectivity index (χ1v) is 12.8. The van der Waals surface area contributed by atoms with E-state index in [1.807, 2.05) is 78.9 Å². The molecule has 0 bridgehead atoms. The average Bonchev–Trinajstić information content (AvgIpc) is 2.93. The Morgan fingerprint density at radius 2 is 1.33 bits per heavy atom. The molecule has 0 amide bonds. The van der Waals surface area contributed by atoms with Crippen molar-refractivity contribution in [2.24, 2.45) is 0 Å². The van der Waals surface area contributed by atoms with Crippen molar-refractivity contribution in [2.75, 3.05) is 4.31 Å². The van der Waals surface area contributed by atoms with E-state index in [-0.39, 0.29) is 11.4 Å². The van der Waals surface area contributed by atoms with Crippen LogP contribution in [0.1, 0.15) is 11.1 Å². The Labute approximate surface area is 210 Å². The van der Waals surface area contributed by atoms with Crippen molar-refractivity contribution in [3.8, 4) is 17.6 Å². The van der Waals surface area contributed by atoms with Gasteiger partial charge in [0.05, 0.1) is 28.8 Å². The fourth-order valence-electron chi connectivity index (χ4n) is 4.03. The normalized spacial score (nSPS) is 11.1. The number of hydrogen-bond donors (Lipinski definition) is 0. The van der Waals surface area contributed by atoms with Gasteiger partial charge in [0.2, 0.25) is 0 Å². The maximum absolute atomic E-state index is 13.9. The largest absolute Gasteiger partial charge is 0.457 e. The molecule has 0 aromatic heterocycles. The Kier molecular flexibility index (Phi) is 6.40. The number of fused-ring (bicyclic) bond motifs is 1. The van der Waals surface area contributed by atoms with Crippen LogP contribution >= 0.6 is 0 Å². The summed E-state index contributed by atoms with van der Waals surface area (Å²) in [6, 6.07) is 38.2. The third-order valence-corrected chi connectivity index (χ3v) is 7.66. The van der Waals surface area contributed by atoms with Gasteiger partial charge in [-0.15, -0.1) is 0 Å². The monoisotopic (exact) mass is 490 g/mol. The summed E-state index contributed by atoms with van der Waals surface area (Å²) in [6.45, 7) is 0.141. The van der Waals surface area contributed by atoms with E-state index in [2.05, 4.69) is 0 Å². The summed E-state index contributed by atoms with van der Waals surface area (Å²) in [5.41, 5.74) is 1.79. The van der Waals surface area contributed by atoms with Crippen molar-refractivity contribution in [1.82, 2.24) is 0 Å². The summed E-state index contributed by atoms with van der Waals surface area (Å²) in [6.07, 6.45) is 0. The van der Waals surface area contributed by atoms with E-state index in [9.17, 15) is 8.42 Å². The Balaban J connectivity index is 1.55. The lowest BCUT2D eigenvalue weighted by atomic mass is 10.0. The van der Waals surface area contributed by atoms with Crippen LogP contribution in [0.4, 0.5) is 5.69 Å². The van der Waals surface area contributed by atoms with Gasteiger partial charge in [0.1, 0.15) is 11.5 Å². The summed E-state index contributed by atoms with van der Waals surface area (Å²) in [5.74, 6) is 1.30. The second-order valence-electron chi connectivity index (χ2n) is 8.20. The lowest BCUT2D eigenvalue weighted by Crippen LogP contribution is -2.30. The van der Waals surface area contributed by atoms with E-state index in [4.69, 9.17) is 10.00 Å². The predicted molar refractivity (Wildman–Crippen MR) is 141 cm³/mol. The number of nitriles is 1. The van der Waals surface area contributed by atoms with E-state index >= 15 is 0 Å². The third kappa shape index (κ3) is 4.78. The second kappa shape index (κ2) is 9.95. The fourth-order valence-corrected chi connectivity index (χ4v) is 5.48. The number of benzene rings is 5. The van der Waals surface area contributed by atoms with Gasteiger partial charge in [-0.3, -0.25) is 4.31 Å². The molecule has 0 aliphatic rings. The highest BCUT2D eigenvalue weighted by molar-refractivity contribution is 7.92. The maximum Gasteiger partial charge on any atom is 0.264 e. The minimum Gasteiger partial charge on any atom is -0.457 e. The molecule has 0 unspecified atom stereocenters. The second-order valence-corrected chi connectivity index (χ2v) is 10.1. The first-order chi connectivity index (χ1) is 17.5. The van der Waals surface area contributed by atoms with Gasteiger partial charge >= 0.3 is 0 Å². The Hall–Kier alpha value is -4.60. The SMILES string of the molecule is N#Cc1ccc(S(=O)(=O)N(Cc2cccc3ccccc23)c2ccc(Oc3ccccc3)cc2)cc1. The molecule has 0 saturated heterocycles. The summed E-state index contributed by atoms with van der Waals surface area (Å²) >= 11 is 0. The zero-order chi connectivity index (χ0) is 25.0. The molecule has 0 atom stereocenters. The van der Waals surface area contributed by atoms with Gasteiger partial charge in [-0.25, -0.2) is 8.42 Å². The maximum atomic E-state index is 13.9. The zero-order valence-electron chi connectivity index (χ0n) is 19.3. The lowest BCUT2D eigenvalue weighted by molar-refractivity contribution is 0.482. The molecule has 0 heterocycles. The van der Waals surface area contributed by atoms with Crippen LogP contribution < -0.4 is 9.04 Å². The topological polar surface area (TPSA) is 70.4 Å². The van der Waals surface area contributed by atoms with Gasteiger partial charge in [-0.05, 0) is 77.0 Å². The lowest BCUT2D eigenvalue weighted by Gasteiger charge is -2.25. The van der Waals surface area contributed by atoms with Gasteiger partial charge in [0, 0.05) is 0 Å². The molecule has 5 nitrogen and oxygen atoms in total. The van der Waals surface area contributed by atoms with Crippen molar-refractivity contribution in [3.63, 3.8) is 0 Å². The third-order valence-electron chi connectivity index (χ3n) is 5.87. The first kappa shape index (κ1) is 23.2. The van der Waals surface area contributed by atoms with Crippen molar-refractivity contribution in [2.45, 2.75) is 11.4 Å². The van der Waals surface area contributed by atoms with Crippen molar-refractivity contribution in [3.05, 3.63) is 132 Å². The number of para-hydroxylation sites is 1. The quantitative estimate of drug-likeness (QED) is 0.249. The van der Waals surface area contributed by atoms with Crippen LogP contribution in [0.2, 0.25) is 0 Å². The predicted octanol–water partition coefficient (Wildman–Crippen LogP) is 6.90. The van der Waals surface area contributed by atoms with E-state index in [1.165, 1.54) is 28.6 Å². The van der Waals surface area contributed by atoms with E-state index in [0.717, 1.165) is 16.3 Å². The fraction of sp³-hybridized carbons (Fsp3) is 0.0333. The standard InChI is InChI=1S/C30H22N2O3S/c31-21-23-13-19-29(20-14-23)36(33,34)32(22-25-9-6-8-24-7-4-5-12-30(24)25)26-15-17-28(18-16-26)35-27-10-2-1-3-11-27/h1-20H,22H2. The first-order valence-electron chi connectivity index (χ1n) is 11.4. The molecule has 0 N–H and O–H groups in total. The molecule has 0 saturated carbocycles. The van der Waals surface area contributed by atoms with Gasteiger partial charge < -0.3 is 4.74 Å². The molecule has 5 aromatic carbocycles. The molecule has 5 rings (SSSR count). The smallest absolute Gasteiger partial charge is 0.264 e. The minimum atomic E-state index is -3.93. The summed E-state index contributed by atoms with van der Waals surface area (Å²) in [7, 11) is -3.93. The van der Waals surface area contributed by atoms with Crippen LogP contribution in [0.15, 0.2) is 126 Å². The number of rotatable bonds is 7. The van der Waals surface area contributed by atoms with Gasteiger partial charge in [-0.2, -0.15) is 5.26 Å². The summed E-state index contributed by atoms with van der Waals surface area (Å²) in [4.78, 5) is 0.117. The molecule has 0 spiro atoms. The molecule has 0 aliphatic heterocycles. The average molecular weight is 491 g/mol. The number of sulfonamides is 1. The van der Waals surface area contributed by atoms with E-state index in [0.29, 0.717) is 22.7 Å². The highest BCUT2D eigenvalue weighted by Gasteiger charge is 2.26.